The van der Waals surface area contributed by atoms with E-state index in [0.717, 1.165) is 24.8 Å². The van der Waals surface area contributed by atoms with Gasteiger partial charge in [0, 0.05) is 0 Å². The molecule has 35 atom stereocenters. The van der Waals surface area contributed by atoms with E-state index in [-0.39, 0.29) is 47.0 Å². The Morgan fingerprint density at radius 3 is 1.75 bits per heavy atom. The maximum absolute atomic E-state index is 15.2. The minimum absolute atomic E-state index is 0.00450. The zero-order chi connectivity index (χ0) is 61.2. The second kappa shape index (κ2) is 24.1. The first-order valence-corrected chi connectivity index (χ1v) is 30.2. The van der Waals surface area contributed by atoms with Crippen LogP contribution in [-0.2, 0) is 52.2 Å². The monoisotopic (exact) mass is 1210 g/mol. The van der Waals surface area contributed by atoms with Crippen molar-refractivity contribution in [2.24, 2.45) is 51.2 Å². The van der Waals surface area contributed by atoms with Crippen LogP contribution in [0.25, 0.3) is 0 Å². The third-order valence-corrected chi connectivity index (χ3v) is 23.1. The maximum Gasteiger partial charge on any atom is 0.314 e. The molecular weight excluding hydrogens is 1110 g/mol. The van der Waals surface area contributed by atoms with Gasteiger partial charge in [0.2, 0.25) is 6.29 Å². The summed E-state index contributed by atoms with van der Waals surface area (Å²) in [6, 6.07) is 0. The van der Waals surface area contributed by atoms with Crippen LogP contribution < -0.4 is 0 Å². The van der Waals surface area contributed by atoms with Crippen molar-refractivity contribution >= 4 is 5.97 Å². The van der Waals surface area contributed by atoms with Crippen LogP contribution in [0.3, 0.4) is 0 Å². The largest absolute Gasteiger partial charge is 0.432 e. The fourth-order valence-corrected chi connectivity index (χ4v) is 18.0. The van der Waals surface area contributed by atoms with Crippen LogP contribution in [0.15, 0.2) is 12.2 Å². The van der Waals surface area contributed by atoms with Crippen molar-refractivity contribution in [2.45, 2.75) is 272 Å². The number of hydrogen-bond acceptors (Lipinski definition) is 26. The Labute approximate surface area is 488 Å². The standard InChI is InChI=1S/C58H94O26/c1-22(2)25-11-16-58(53(73)84-51-44(71)40(67)37(64)29(80-51)21-76-48-45(72)41(68)46(28(19-59)79-48)82-49-42(69)38(65)34(61)23(3)77-49)18-17-55(6)26(33(25)58)9-10-30-54(5)14-13-32(57(8,74)31(54)12-15-56(30,55)7)81-52-47(36(63)27(60)20-75-52)83-50-43(70)39(66)35(62)24(4)78-50/h23-52,59-72,74H,1,9-21H2,2-8H3/t23-,24-,25-,26+,27-,28+,29+,30+,31+,32-,33+,34-,35-,36-,37+,38+,39+,40-,41+,42+,43+,44+,45+,46+,47+,48+,49-,50-,51-,52-,54+,55+,56+,57-,58-/m0/s1. The molecular formula is C58H94O26. The minimum Gasteiger partial charge on any atom is -0.432 e. The number of hydrogen-bond donors (Lipinski definition) is 15. The molecule has 5 aliphatic heterocycles. The predicted molar refractivity (Wildman–Crippen MR) is 283 cm³/mol. The van der Waals surface area contributed by atoms with Gasteiger partial charge in [0.05, 0.1) is 49.1 Å². The quantitative estimate of drug-likeness (QED) is 0.0498. The topological polar surface area (TPSA) is 413 Å². The molecule has 15 N–H and O–H groups in total. The Morgan fingerprint density at radius 2 is 1.13 bits per heavy atom. The molecule has 0 radical (unpaired) electrons. The summed E-state index contributed by atoms with van der Waals surface area (Å²) >= 11 is 0. The van der Waals surface area contributed by atoms with Crippen molar-refractivity contribution in [2.75, 3.05) is 19.8 Å². The highest BCUT2D eigenvalue weighted by Gasteiger charge is 2.73. The summed E-state index contributed by atoms with van der Waals surface area (Å²) < 4.78 is 59.1. The summed E-state index contributed by atoms with van der Waals surface area (Å²) in [5.41, 5.74) is -2.54. The first kappa shape index (κ1) is 65.2. The number of fused-ring (bicyclic) bond motifs is 7. The Hall–Kier alpha value is -1.75. The second-order valence-corrected chi connectivity index (χ2v) is 27.5. The van der Waals surface area contributed by atoms with Gasteiger partial charge in [-0.1, -0.05) is 32.9 Å². The van der Waals surface area contributed by atoms with Crippen LogP contribution >= 0.6 is 0 Å². The van der Waals surface area contributed by atoms with E-state index in [1.807, 2.05) is 6.92 Å². The molecule has 10 rings (SSSR count). The lowest BCUT2D eigenvalue weighted by Gasteiger charge is -2.72. The van der Waals surface area contributed by atoms with E-state index in [0.29, 0.717) is 44.9 Å². The molecule has 84 heavy (non-hydrogen) atoms. The molecule has 0 aromatic rings. The fraction of sp³-hybridized carbons (Fsp3) is 0.948. The zero-order valence-corrected chi connectivity index (χ0v) is 48.9. The zero-order valence-electron chi connectivity index (χ0n) is 48.9. The van der Waals surface area contributed by atoms with Crippen LogP contribution in [0.2, 0.25) is 0 Å². The van der Waals surface area contributed by atoms with E-state index >= 15 is 4.79 Å². The molecule has 482 valence electrons. The number of carbonyl (C=O) groups is 1. The summed E-state index contributed by atoms with van der Waals surface area (Å²) in [7, 11) is 0. The maximum atomic E-state index is 15.2. The predicted octanol–water partition coefficient (Wildman–Crippen LogP) is -2.94. The van der Waals surface area contributed by atoms with Crippen LogP contribution in [0.5, 0.6) is 0 Å². The molecule has 5 heterocycles. The van der Waals surface area contributed by atoms with E-state index < -0.39 is 189 Å². The Kier molecular flexibility index (Phi) is 18.7. The van der Waals surface area contributed by atoms with E-state index in [2.05, 4.69) is 27.4 Å². The number of esters is 1. The van der Waals surface area contributed by atoms with E-state index in [9.17, 15) is 76.6 Å². The summed E-state index contributed by atoms with van der Waals surface area (Å²) in [5, 5.41) is 163. The highest BCUT2D eigenvalue weighted by molar-refractivity contribution is 5.78. The summed E-state index contributed by atoms with van der Waals surface area (Å²) in [4.78, 5) is 15.2. The number of allylic oxidation sites excluding steroid dienone is 1. The SMILES string of the molecule is C=C(C)[C@@H]1CC[C@]2(C(=O)O[C@@H]3O[C@H](CO[C@@H]4O[C@H](CO)[C@@H](O[C@@H]5O[C@@H](C)[C@H](O)[C@@H](O)[C@H]5O)[C@H](O)[C@H]4O)[C@@H](O)[C@H](O)[C@H]3O)CC[C@]3(C)[C@H](CC[C@@H]4[C@@]5(C)CC[C@H](O[C@@H]6OC[C@H](O)[C@H](O)[C@H]6O[C@@H]6O[C@@H](C)[C@H](O)[C@@H](O)[C@H]6O)[C@@](C)(O)[C@@H]5CC[C@]43C)[C@@H]12. The Bertz CT molecular complexity index is 2320. The van der Waals surface area contributed by atoms with Gasteiger partial charge < -0.3 is 124 Å². The highest BCUT2D eigenvalue weighted by Crippen LogP contribution is 2.77. The average Bonchev–Trinajstić information content (AvgIpc) is 1.04. The molecule has 26 heteroatoms. The fourth-order valence-electron chi connectivity index (χ4n) is 18.0. The van der Waals surface area contributed by atoms with Crippen molar-refractivity contribution in [3.8, 4) is 0 Å². The summed E-state index contributed by atoms with van der Waals surface area (Å²) in [5.74, 6) is -1.05. The molecule has 0 aromatic heterocycles. The van der Waals surface area contributed by atoms with Gasteiger partial charge in [-0.3, -0.25) is 4.79 Å². The molecule has 0 aromatic carbocycles. The number of rotatable bonds is 13. The molecule has 0 unspecified atom stereocenters. The molecule has 10 fully saturated rings. The van der Waals surface area contributed by atoms with E-state index in [4.69, 9.17) is 47.4 Å². The van der Waals surface area contributed by atoms with E-state index in [1.165, 1.54) is 13.8 Å². The van der Waals surface area contributed by atoms with Crippen molar-refractivity contribution in [1.82, 2.24) is 0 Å². The Balaban J connectivity index is 0.812. The average molecular weight is 1210 g/mol. The van der Waals surface area contributed by atoms with Gasteiger partial charge in [-0.05, 0) is 138 Å². The van der Waals surface area contributed by atoms with Gasteiger partial charge in [0.15, 0.2) is 25.2 Å². The van der Waals surface area contributed by atoms with Gasteiger partial charge in [-0.25, -0.2) is 0 Å². The van der Waals surface area contributed by atoms with Gasteiger partial charge in [-0.15, -0.1) is 0 Å². The molecule has 0 spiro atoms. The van der Waals surface area contributed by atoms with Crippen LogP contribution in [0.1, 0.15) is 113 Å². The molecule has 0 bridgehead atoms. The molecule has 5 saturated heterocycles. The first-order valence-electron chi connectivity index (χ1n) is 30.2. The number of ether oxygens (including phenoxy) is 10. The van der Waals surface area contributed by atoms with Gasteiger partial charge in [0.25, 0.3) is 0 Å². The molecule has 10 aliphatic rings. The Morgan fingerprint density at radius 1 is 0.548 bits per heavy atom. The van der Waals surface area contributed by atoms with Crippen molar-refractivity contribution < 1.29 is 129 Å². The van der Waals surface area contributed by atoms with E-state index in [1.54, 1.807) is 6.92 Å². The lowest BCUT2D eigenvalue weighted by Crippen LogP contribution is -2.69. The van der Waals surface area contributed by atoms with Gasteiger partial charge in [-0.2, -0.15) is 0 Å². The van der Waals surface area contributed by atoms with Crippen molar-refractivity contribution in [3.63, 3.8) is 0 Å². The van der Waals surface area contributed by atoms with Crippen LogP contribution in [0, 0.1) is 51.2 Å². The molecule has 5 saturated carbocycles. The number of carbonyl (C=O) groups excluding carboxylic acids is 1. The summed E-state index contributed by atoms with van der Waals surface area (Å²) in [6.45, 7) is 16.3. The van der Waals surface area contributed by atoms with Crippen molar-refractivity contribution in [1.29, 1.82) is 0 Å². The third kappa shape index (κ3) is 10.7. The van der Waals surface area contributed by atoms with Crippen LogP contribution in [-0.4, -0.2) is 262 Å². The lowest BCUT2D eigenvalue weighted by atomic mass is 9.33. The molecule has 5 aliphatic carbocycles. The third-order valence-electron chi connectivity index (χ3n) is 23.1. The first-order chi connectivity index (χ1) is 39.4. The van der Waals surface area contributed by atoms with Gasteiger partial charge >= 0.3 is 5.97 Å². The second-order valence-electron chi connectivity index (χ2n) is 27.5. The van der Waals surface area contributed by atoms with Crippen molar-refractivity contribution in [3.05, 3.63) is 12.2 Å². The number of aliphatic hydroxyl groups excluding tert-OH is 14. The van der Waals surface area contributed by atoms with Crippen LogP contribution in [0.4, 0.5) is 0 Å². The molecule has 0 amide bonds. The lowest BCUT2D eigenvalue weighted by molar-refractivity contribution is -0.368. The normalized spacial score (nSPS) is 56.8. The molecule has 26 nitrogen and oxygen atoms in total. The number of aliphatic hydroxyl groups is 15. The summed E-state index contributed by atoms with van der Waals surface area (Å²) in [6.07, 6.45) is -32.4. The minimum atomic E-state index is -1.90. The van der Waals surface area contributed by atoms with Gasteiger partial charge in [0.1, 0.15) is 104 Å². The smallest absolute Gasteiger partial charge is 0.314 e. The highest BCUT2D eigenvalue weighted by atomic mass is 16.8.